The molecule has 0 unspecified atom stereocenters. The van der Waals surface area contributed by atoms with Crippen LogP contribution in [0.25, 0.3) is 11.1 Å². The van der Waals surface area contributed by atoms with Gasteiger partial charge in [0.05, 0.1) is 5.69 Å². The van der Waals surface area contributed by atoms with Gasteiger partial charge < -0.3 is 10.4 Å². The van der Waals surface area contributed by atoms with Gasteiger partial charge in [0.2, 0.25) is 0 Å². The number of hydrogen-bond acceptors (Lipinski definition) is 2. The molecule has 1 aliphatic rings. The molecule has 2 nitrogen and oxygen atoms in total. The molecule has 1 saturated carbocycles. The van der Waals surface area contributed by atoms with E-state index in [1.54, 1.807) is 0 Å². The number of para-hydroxylation sites is 1. The highest BCUT2D eigenvalue weighted by Crippen LogP contribution is 2.35. The molecule has 1 aliphatic carbocycles. The summed E-state index contributed by atoms with van der Waals surface area (Å²) >= 11 is 0. The second-order valence-corrected chi connectivity index (χ2v) is 6.29. The van der Waals surface area contributed by atoms with Gasteiger partial charge in [-0.25, -0.2) is 0 Å². The monoisotopic (exact) mass is 295 g/mol. The number of benzene rings is 2. The Morgan fingerprint density at radius 1 is 0.909 bits per heavy atom. The average Bonchev–Trinajstić information content (AvgIpc) is 2.58. The molecular weight excluding hydrogens is 270 g/mol. The summed E-state index contributed by atoms with van der Waals surface area (Å²) in [5.41, 5.74) is 2.79. The summed E-state index contributed by atoms with van der Waals surface area (Å²) in [7, 11) is 0. The quantitative estimate of drug-likeness (QED) is 0.720. The van der Waals surface area contributed by atoms with Crippen molar-refractivity contribution < 1.29 is 5.11 Å². The molecule has 0 spiro atoms. The molecule has 0 radical (unpaired) electrons. The maximum absolute atomic E-state index is 10.5. The lowest BCUT2D eigenvalue weighted by molar-refractivity contribution is 0.345. The van der Waals surface area contributed by atoms with Crippen LogP contribution in [0, 0.1) is 5.92 Å². The van der Waals surface area contributed by atoms with Crippen LogP contribution in [0.4, 0.5) is 5.69 Å². The molecule has 3 rings (SSSR count). The summed E-state index contributed by atoms with van der Waals surface area (Å²) in [6, 6.07) is 16.0. The zero-order valence-electron chi connectivity index (χ0n) is 13.1. The van der Waals surface area contributed by atoms with Crippen molar-refractivity contribution in [3.05, 3.63) is 48.5 Å². The lowest BCUT2D eigenvalue weighted by Gasteiger charge is -2.22. The van der Waals surface area contributed by atoms with Gasteiger partial charge in [-0.1, -0.05) is 74.6 Å². The molecule has 0 saturated heterocycles. The second kappa shape index (κ2) is 7.35. The SMILES string of the molecule is Oc1c(NCCC2CCCCC2)cccc1-c1ccccc1. The zero-order valence-corrected chi connectivity index (χ0v) is 13.1. The minimum Gasteiger partial charge on any atom is -0.505 e. The van der Waals surface area contributed by atoms with Gasteiger partial charge in [0, 0.05) is 12.1 Å². The average molecular weight is 295 g/mol. The summed E-state index contributed by atoms with van der Waals surface area (Å²) in [5.74, 6) is 1.22. The Balaban J connectivity index is 1.64. The van der Waals surface area contributed by atoms with Crippen molar-refractivity contribution in [3.8, 4) is 16.9 Å². The first kappa shape index (κ1) is 15.0. The normalized spacial score (nSPS) is 15.6. The highest BCUT2D eigenvalue weighted by molar-refractivity contribution is 5.77. The number of nitrogens with one attached hydrogen (secondary N) is 1. The maximum atomic E-state index is 10.5. The molecule has 0 amide bonds. The van der Waals surface area contributed by atoms with Crippen molar-refractivity contribution in [3.63, 3.8) is 0 Å². The first-order valence-electron chi connectivity index (χ1n) is 8.46. The van der Waals surface area contributed by atoms with E-state index >= 15 is 0 Å². The molecule has 0 bridgehead atoms. The largest absolute Gasteiger partial charge is 0.505 e. The van der Waals surface area contributed by atoms with E-state index in [2.05, 4.69) is 5.32 Å². The van der Waals surface area contributed by atoms with Crippen LogP contribution in [-0.2, 0) is 0 Å². The van der Waals surface area contributed by atoms with Crippen molar-refractivity contribution in [2.45, 2.75) is 38.5 Å². The Bertz CT molecular complexity index is 588. The molecule has 2 aromatic carbocycles. The number of phenolic OH excluding ortho intramolecular Hbond substituents is 1. The Morgan fingerprint density at radius 3 is 2.45 bits per heavy atom. The van der Waals surface area contributed by atoms with Crippen LogP contribution in [0.3, 0.4) is 0 Å². The van der Waals surface area contributed by atoms with Crippen molar-refractivity contribution in [1.29, 1.82) is 0 Å². The standard InChI is InChI=1S/C20H25NO/c22-20-18(17-10-5-2-6-11-17)12-7-13-19(20)21-15-14-16-8-3-1-4-9-16/h2,5-7,10-13,16,21-22H,1,3-4,8-9,14-15H2. The molecule has 2 aromatic rings. The maximum Gasteiger partial charge on any atom is 0.146 e. The minimum atomic E-state index is 0.359. The topological polar surface area (TPSA) is 32.3 Å². The number of rotatable bonds is 5. The van der Waals surface area contributed by atoms with E-state index in [0.717, 1.165) is 29.3 Å². The van der Waals surface area contributed by atoms with Crippen molar-refractivity contribution in [1.82, 2.24) is 0 Å². The molecule has 2 heteroatoms. The van der Waals surface area contributed by atoms with Gasteiger partial charge in [-0.05, 0) is 24.0 Å². The smallest absolute Gasteiger partial charge is 0.146 e. The molecule has 0 atom stereocenters. The number of aromatic hydroxyl groups is 1. The van der Waals surface area contributed by atoms with Crippen LogP contribution >= 0.6 is 0 Å². The summed E-state index contributed by atoms with van der Waals surface area (Å²) in [5, 5.41) is 13.9. The molecular formula is C20H25NO. The number of anilines is 1. The Kier molecular flexibility index (Phi) is 4.99. The highest BCUT2D eigenvalue weighted by Gasteiger charge is 2.13. The van der Waals surface area contributed by atoms with Crippen molar-refractivity contribution >= 4 is 5.69 Å². The van der Waals surface area contributed by atoms with Crippen molar-refractivity contribution in [2.75, 3.05) is 11.9 Å². The van der Waals surface area contributed by atoms with E-state index in [1.807, 2.05) is 48.5 Å². The molecule has 0 aliphatic heterocycles. The summed E-state index contributed by atoms with van der Waals surface area (Å²) in [6.45, 7) is 0.941. The molecule has 116 valence electrons. The van der Waals surface area contributed by atoms with Gasteiger partial charge in [0.1, 0.15) is 5.75 Å². The van der Waals surface area contributed by atoms with Gasteiger partial charge in [0.25, 0.3) is 0 Å². The minimum absolute atomic E-state index is 0.359. The fourth-order valence-corrected chi connectivity index (χ4v) is 3.42. The lowest BCUT2D eigenvalue weighted by Crippen LogP contribution is -2.12. The van der Waals surface area contributed by atoms with E-state index in [4.69, 9.17) is 0 Å². The van der Waals surface area contributed by atoms with Gasteiger partial charge >= 0.3 is 0 Å². The fourth-order valence-electron chi connectivity index (χ4n) is 3.42. The predicted octanol–water partition coefficient (Wildman–Crippen LogP) is 5.44. The third-order valence-corrected chi connectivity index (χ3v) is 4.71. The van der Waals surface area contributed by atoms with Crippen LogP contribution < -0.4 is 5.32 Å². The van der Waals surface area contributed by atoms with Crippen LogP contribution in [0.1, 0.15) is 38.5 Å². The third-order valence-electron chi connectivity index (χ3n) is 4.71. The van der Waals surface area contributed by atoms with Gasteiger partial charge in [0.15, 0.2) is 0 Å². The van der Waals surface area contributed by atoms with Crippen molar-refractivity contribution in [2.24, 2.45) is 5.92 Å². The van der Waals surface area contributed by atoms with E-state index < -0.39 is 0 Å². The summed E-state index contributed by atoms with van der Waals surface area (Å²) in [6.07, 6.45) is 8.13. The second-order valence-electron chi connectivity index (χ2n) is 6.29. The van der Waals surface area contributed by atoms with E-state index in [1.165, 1.54) is 38.5 Å². The molecule has 1 fully saturated rings. The van der Waals surface area contributed by atoms with Gasteiger partial charge in [-0.3, -0.25) is 0 Å². The number of phenols is 1. The Morgan fingerprint density at radius 2 is 1.68 bits per heavy atom. The lowest BCUT2D eigenvalue weighted by atomic mass is 9.87. The van der Waals surface area contributed by atoms with Gasteiger partial charge in [-0.15, -0.1) is 0 Å². The Labute approximate surface area is 133 Å². The van der Waals surface area contributed by atoms with E-state index in [9.17, 15) is 5.11 Å². The summed E-state index contributed by atoms with van der Waals surface area (Å²) < 4.78 is 0. The predicted molar refractivity (Wildman–Crippen MR) is 93.2 cm³/mol. The molecule has 22 heavy (non-hydrogen) atoms. The van der Waals surface area contributed by atoms with E-state index in [0.29, 0.717) is 5.75 Å². The fraction of sp³-hybridized carbons (Fsp3) is 0.400. The highest BCUT2D eigenvalue weighted by atomic mass is 16.3. The van der Waals surface area contributed by atoms with Crippen LogP contribution in [0.2, 0.25) is 0 Å². The first-order valence-corrected chi connectivity index (χ1v) is 8.46. The van der Waals surface area contributed by atoms with E-state index in [-0.39, 0.29) is 0 Å². The number of hydrogen-bond donors (Lipinski definition) is 2. The van der Waals surface area contributed by atoms with Crippen LogP contribution in [0.15, 0.2) is 48.5 Å². The molecule has 0 heterocycles. The Hall–Kier alpha value is -1.96. The zero-order chi connectivity index (χ0) is 15.2. The molecule has 2 N–H and O–H groups in total. The van der Waals surface area contributed by atoms with Gasteiger partial charge in [-0.2, -0.15) is 0 Å². The first-order chi connectivity index (χ1) is 10.8. The van der Waals surface area contributed by atoms with Crippen LogP contribution in [-0.4, -0.2) is 11.7 Å². The summed E-state index contributed by atoms with van der Waals surface area (Å²) in [4.78, 5) is 0. The molecule has 0 aromatic heterocycles. The third kappa shape index (κ3) is 3.62. The van der Waals surface area contributed by atoms with Crippen LogP contribution in [0.5, 0.6) is 5.75 Å².